The molecule has 1 aromatic rings. The first kappa shape index (κ1) is 10.8. The molecule has 4 nitrogen and oxygen atoms in total. The van der Waals surface area contributed by atoms with E-state index in [1.54, 1.807) is 0 Å². The third kappa shape index (κ3) is 2.16. The monoisotopic (exact) mass is 215 g/mol. The molecule has 0 aliphatic rings. The number of benzene rings is 1. The maximum absolute atomic E-state index is 10.8. The first-order valence-electron chi connectivity index (χ1n) is 3.97. The second-order valence-electron chi connectivity index (χ2n) is 2.83. The zero-order valence-electron chi connectivity index (χ0n) is 7.27. The molecule has 0 aliphatic carbocycles. The van der Waals surface area contributed by atoms with Crippen LogP contribution in [0.2, 0.25) is 5.02 Å². The van der Waals surface area contributed by atoms with Crippen LogP contribution in [0.4, 0.5) is 0 Å². The SMILES string of the molecule is NCC(C(=O)O)c1ccc(O)cc1Cl. The van der Waals surface area contributed by atoms with E-state index in [0.717, 1.165) is 0 Å². The molecule has 0 aromatic heterocycles. The van der Waals surface area contributed by atoms with Crippen molar-refractivity contribution in [3.05, 3.63) is 28.8 Å². The summed E-state index contributed by atoms with van der Waals surface area (Å²) >= 11 is 5.77. The summed E-state index contributed by atoms with van der Waals surface area (Å²) in [7, 11) is 0. The zero-order chi connectivity index (χ0) is 10.7. The van der Waals surface area contributed by atoms with Crippen LogP contribution in [0.5, 0.6) is 5.75 Å². The van der Waals surface area contributed by atoms with E-state index in [2.05, 4.69) is 0 Å². The number of phenolic OH excluding ortho intramolecular Hbond substituents is 1. The molecule has 1 atom stereocenters. The van der Waals surface area contributed by atoms with Crippen LogP contribution in [0.15, 0.2) is 18.2 Å². The summed E-state index contributed by atoms with van der Waals surface area (Å²) in [5.74, 6) is -1.86. The normalized spacial score (nSPS) is 12.4. The van der Waals surface area contributed by atoms with Gasteiger partial charge in [0.2, 0.25) is 0 Å². The lowest BCUT2D eigenvalue weighted by atomic mass is 9.99. The van der Waals surface area contributed by atoms with Crippen molar-refractivity contribution < 1.29 is 15.0 Å². The Bertz CT molecular complexity index is 354. The first-order chi connectivity index (χ1) is 6.56. The average Bonchev–Trinajstić information content (AvgIpc) is 2.09. The standard InChI is InChI=1S/C9H10ClNO3/c10-8-3-5(12)1-2-6(8)7(4-11)9(13)14/h1-3,7,12H,4,11H2,(H,13,14). The Hall–Kier alpha value is -1.26. The summed E-state index contributed by atoms with van der Waals surface area (Å²) in [6, 6.07) is 4.14. The van der Waals surface area contributed by atoms with E-state index in [0.29, 0.717) is 5.56 Å². The highest BCUT2D eigenvalue weighted by Crippen LogP contribution is 2.27. The van der Waals surface area contributed by atoms with Crippen LogP contribution in [0.25, 0.3) is 0 Å². The largest absolute Gasteiger partial charge is 0.508 e. The molecular weight excluding hydrogens is 206 g/mol. The van der Waals surface area contributed by atoms with Crippen molar-refractivity contribution in [3.8, 4) is 5.75 Å². The van der Waals surface area contributed by atoms with E-state index < -0.39 is 11.9 Å². The smallest absolute Gasteiger partial charge is 0.312 e. The highest BCUT2D eigenvalue weighted by molar-refractivity contribution is 6.31. The third-order valence-corrected chi connectivity index (χ3v) is 2.22. The van der Waals surface area contributed by atoms with Gasteiger partial charge in [0.25, 0.3) is 0 Å². The molecule has 0 bridgehead atoms. The topological polar surface area (TPSA) is 83.6 Å². The van der Waals surface area contributed by atoms with Crippen LogP contribution in [-0.2, 0) is 4.79 Å². The van der Waals surface area contributed by atoms with E-state index >= 15 is 0 Å². The summed E-state index contributed by atoms with van der Waals surface area (Å²) in [5, 5.41) is 18.1. The Labute approximate surface area is 85.9 Å². The number of carboxylic acids is 1. The van der Waals surface area contributed by atoms with Gasteiger partial charge in [0, 0.05) is 11.6 Å². The Balaban J connectivity index is 3.10. The van der Waals surface area contributed by atoms with Crippen LogP contribution in [0.3, 0.4) is 0 Å². The molecule has 0 saturated heterocycles. The fourth-order valence-electron chi connectivity index (χ4n) is 1.16. The number of halogens is 1. The van der Waals surface area contributed by atoms with Gasteiger partial charge in [0.15, 0.2) is 0 Å². The minimum Gasteiger partial charge on any atom is -0.508 e. The molecule has 0 radical (unpaired) electrons. The summed E-state index contributed by atoms with van der Waals surface area (Å²) in [6.45, 7) is -0.0279. The number of nitrogens with two attached hydrogens (primary N) is 1. The van der Waals surface area contributed by atoms with E-state index in [1.165, 1.54) is 18.2 Å². The molecule has 4 N–H and O–H groups in total. The summed E-state index contributed by atoms with van der Waals surface area (Å²) in [4.78, 5) is 10.8. The predicted molar refractivity (Wildman–Crippen MR) is 52.5 cm³/mol. The summed E-state index contributed by atoms with van der Waals surface area (Å²) in [5.41, 5.74) is 5.73. The Morgan fingerprint density at radius 1 is 1.57 bits per heavy atom. The first-order valence-corrected chi connectivity index (χ1v) is 4.35. The molecule has 14 heavy (non-hydrogen) atoms. The lowest BCUT2D eigenvalue weighted by molar-refractivity contribution is -0.138. The zero-order valence-corrected chi connectivity index (χ0v) is 8.03. The van der Waals surface area contributed by atoms with Crippen molar-refractivity contribution in [2.24, 2.45) is 5.73 Å². The van der Waals surface area contributed by atoms with Gasteiger partial charge in [-0.1, -0.05) is 17.7 Å². The number of carbonyl (C=O) groups is 1. The van der Waals surface area contributed by atoms with Crippen molar-refractivity contribution >= 4 is 17.6 Å². The van der Waals surface area contributed by atoms with Crippen LogP contribution in [-0.4, -0.2) is 22.7 Å². The van der Waals surface area contributed by atoms with Crippen molar-refractivity contribution in [3.63, 3.8) is 0 Å². The number of hydrogen-bond acceptors (Lipinski definition) is 3. The van der Waals surface area contributed by atoms with Gasteiger partial charge in [-0.05, 0) is 17.7 Å². The Morgan fingerprint density at radius 2 is 2.21 bits per heavy atom. The molecule has 0 saturated carbocycles. The second kappa shape index (κ2) is 4.30. The molecule has 1 rings (SSSR count). The molecule has 5 heteroatoms. The van der Waals surface area contributed by atoms with E-state index in [1.807, 2.05) is 0 Å². The minimum atomic E-state index is -1.03. The second-order valence-corrected chi connectivity index (χ2v) is 3.24. The maximum atomic E-state index is 10.8. The Morgan fingerprint density at radius 3 is 2.64 bits per heavy atom. The van der Waals surface area contributed by atoms with E-state index in [9.17, 15) is 4.79 Å². The van der Waals surface area contributed by atoms with Crippen molar-refractivity contribution in [2.75, 3.05) is 6.54 Å². The average molecular weight is 216 g/mol. The highest BCUT2D eigenvalue weighted by Gasteiger charge is 2.20. The fourth-order valence-corrected chi connectivity index (χ4v) is 1.47. The van der Waals surface area contributed by atoms with E-state index in [-0.39, 0.29) is 17.3 Å². The lowest BCUT2D eigenvalue weighted by Crippen LogP contribution is -2.21. The number of phenols is 1. The van der Waals surface area contributed by atoms with Gasteiger partial charge >= 0.3 is 5.97 Å². The van der Waals surface area contributed by atoms with Gasteiger partial charge in [-0.25, -0.2) is 0 Å². The molecule has 0 fully saturated rings. The number of rotatable bonds is 3. The third-order valence-electron chi connectivity index (χ3n) is 1.89. The van der Waals surface area contributed by atoms with Crippen LogP contribution < -0.4 is 5.73 Å². The molecule has 0 heterocycles. The number of aromatic hydroxyl groups is 1. The van der Waals surface area contributed by atoms with Gasteiger partial charge in [-0.2, -0.15) is 0 Å². The van der Waals surface area contributed by atoms with Gasteiger partial charge in [0.05, 0.1) is 5.92 Å². The maximum Gasteiger partial charge on any atom is 0.312 e. The lowest BCUT2D eigenvalue weighted by Gasteiger charge is -2.11. The number of aliphatic carboxylic acids is 1. The summed E-state index contributed by atoms with van der Waals surface area (Å²) in [6.07, 6.45) is 0. The predicted octanol–water partition coefficient (Wildman–Crippen LogP) is 1.17. The van der Waals surface area contributed by atoms with Gasteiger partial charge < -0.3 is 15.9 Å². The quantitative estimate of drug-likeness (QED) is 0.707. The van der Waals surface area contributed by atoms with Crippen LogP contribution in [0, 0.1) is 0 Å². The fraction of sp³-hybridized carbons (Fsp3) is 0.222. The molecule has 0 aliphatic heterocycles. The van der Waals surface area contributed by atoms with Gasteiger partial charge in [0.1, 0.15) is 5.75 Å². The number of carboxylic acid groups (broad SMARTS) is 1. The minimum absolute atomic E-state index is 0.0000831. The van der Waals surface area contributed by atoms with E-state index in [4.69, 9.17) is 27.5 Å². The van der Waals surface area contributed by atoms with Crippen molar-refractivity contribution in [1.82, 2.24) is 0 Å². The van der Waals surface area contributed by atoms with Crippen molar-refractivity contribution in [2.45, 2.75) is 5.92 Å². The van der Waals surface area contributed by atoms with Gasteiger partial charge in [-0.3, -0.25) is 4.79 Å². The molecule has 1 aromatic carbocycles. The number of hydrogen-bond donors (Lipinski definition) is 3. The summed E-state index contributed by atoms with van der Waals surface area (Å²) < 4.78 is 0. The molecule has 0 spiro atoms. The molecule has 1 unspecified atom stereocenters. The van der Waals surface area contributed by atoms with Crippen LogP contribution in [0.1, 0.15) is 11.5 Å². The Kier molecular flexibility index (Phi) is 3.33. The molecular formula is C9H10ClNO3. The van der Waals surface area contributed by atoms with Crippen LogP contribution >= 0.6 is 11.6 Å². The molecule has 76 valence electrons. The van der Waals surface area contributed by atoms with Gasteiger partial charge in [-0.15, -0.1) is 0 Å². The highest BCUT2D eigenvalue weighted by atomic mass is 35.5. The van der Waals surface area contributed by atoms with Crippen molar-refractivity contribution in [1.29, 1.82) is 0 Å². The molecule has 0 amide bonds.